The van der Waals surface area contributed by atoms with Crippen LogP contribution in [0.1, 0.15) is 36.3 Å². The Labute approximate surface area is 187 Å². The van der Waals surface area contributed by atoms with E-state index in [1.54, 1.807) is 24.5 Å². The molecule has 0 aliphatic heterocycles. The number of hydrogen-bond acceptors (Lipinski definition) is 6. The lowest BCUT2D eigenvalue weighted by Gasteiger charge is -2.13. The molecule has 1 aliphatic rings. The monoisotopic (exact) mass is 437 g/mol. The van der Waals surface area contributed by atoms with Crippen molar-refractivity contribution >= 4 is 28.6 Å². The van der Waals surface area contributed by atoms with Gasteiger partial charge in [-0.25, -0.2) is 14.8 Å². The Balaban J connectivity index is 1.32. The molecule has 170 valence electrons. The zero-order valence-electron chi connectivity index (χ0n) is 18.7. The second-order valence-electron chi connectivity index (χ2n) is 8.30. The molecule has 9 nitrogen and oxygen atoms in total. The first-order valence-corrected chi connectivity index (χ1v) is 11.2. The standard InChI is InChI=1S/C23H31N7O2/c1-15-16(2)27-22(24)20-21(15)30(19(29-20)8-7-17-5-6-17)11-13-32-12-10-26-23(31)28-18-4-3-9-25-14-18/h3-4,9,14,17H,5-8,10-13H2,1-2H3,(H2,24,27)(H2,26,28,31). The van der Waals surface area contributed by atoms with Crippen LogP contribution in [0, 0.1) is 19.8 Å². The third-order valence-electron chi connectivity index (χ3n) is 5.86. The summed E-state index contributed by atoms with van der Waals surface area (Å²) < 4.78 is 8.04. The Kier molecular flexibility index (Phi) is 6.84. The normalized spacial score (nSPS) is 13.4. The second kappa shape index (κ2) is 9.95. The molecule has 0 spiro atoms. The molecular weight excluding hydrogens is 406 g/mol. The number of nitrogens with zero attached hydrogens (tertiary/aromatic N) is 4. The van der Waals surface area contributed by atoms with Gasteiger partial charge in [0.2, 0.25) is 0 Å². The smallest absolute Gasteiger partial charge is 0.319 e. The van der Waals surface area contributed by atoms with E-state index >= 15 is 0 Å². The molecule has 32 heavy (non-hydrogen) atoms. The third-order valence-corrected chi connectivity index (χ3v) is 5.86. The van der Waals surface area contributed by atoms with Gasteiger partial charge in [0.1, 0.15) is 11.3 Å². The maximum atomic E-state index is 11.9. The molecule has 0 radical (unpaired) electrons. The summed E-state index contributed by atoms with van der Waals surface area (Å²) in [5.74, 6) is 2.37. The van der Waals surface area contributed by atoms with E-state index in [-0.39, 0.29) is 6.03 Å². The SMILES string of the molecule is Cc1nc(N)c2nc(CCC3CC3)n(CCOCCNC(=O)Nc3cccnc3)c2c1C. The molecule has 1 saturated carbocycles. The van der Waals surface area contributed by atoms with Gasteiger partial charge in [0.15, 0.2) is 5.82 Å². The van der Waals surface area contributed by atoms with Crippen LogP contribution < -0.4 is 16.4 Å². The molecule has 3 heterocycles. The number of pyridine rings is 2. The number of imidazole rings is 1. The predicted molar refractivity (Wildman–Crippen MR) is 125 cm³/mol. The first-order chi connectivity index (χ1) is 15.5. The summed E-state index contributed by atoms with van der Waals surface area (Å²) in [6.45, 7) is 6.09. The van der Waals surface area contributed by atoms with E-state index in [2.05, 4.69) is 32.1 Å². The Morgan fingerprint density at radius 2 is 2.12 bits per heavy atom. The lowest BCUT2D eigenvalue weighted by Crippen LogP contribution is -2.31. The number of carbonyl (C=O) groups is 1. The largest absolute Gasteiger partial charge is 0.382 e. The average molecular weight is 438 g/mol. The van der Waals surface area contributed by atoms with Crippen LogP contribution in [0.5, 0.6) is 0 Å². The number of carbonyl (C=O) groups excluding carboxylic acids is 1. The number of aromatic nitrogens is 4. The van der Waals surface area contributed by atoms with Crippen molar-refractivity contribution in [3.63, 3.8) is 0 Å². The van der Waals surface area contributed by atoms with E-state index in [0.29, 0.717) is 37.8 Å². The van der Waals surface area contributed by atoms with E-state index in [1.165, 1.54) is 12.8 Å². The zero-order chi connectivity index (χ0) is 22.5. The Hall–Kier alpha value is -3.20. The topological polar surface area (TPSA) is 120 Å². The molecule has 9 heteroatoms. The average Bonchev–Trinajstić information content (AvgIpc) is 3.53. The van der Waals surface area contributed by atoms with E-state index in [1.807, 2.05) is 6.92 Å². The highest BCUT2D eigenvalue weighted by Crippen LogP contribution is 2.34. The van der Waals surface area contributed by atoms with Gasteiger partial charge in [0.05, 0.1) is 30.6 Å². The fraction of sp³-hybridized carbons (Fsp3) is 0.478. The van der Waals surface area contributed by atoms with E-state index < -0.39 is 0 Å². The summed E-state index contributed by atoms with van der Waals surface area (Å²) in [7, 11) is 0. The van der Waals surface area contributed by atoms with Crippen LogP contribution in [0.4, 0.5) is 16.3 Å². The molecule has 4 rings (SSSR count). The van der Waals surface area contributed by atoms with Crippen molar-refractivity contribution < 1.29 is 9.53 Å². The van der Waals surface area contributed by atoms with E-state index in [0.717, 1.165) is 46.9 Å². The van der Waals surface area contributed by atoms with Crippen molar-refractivity contribution in [2.45, 2.75) is 46.1 Å². The van der Waals surface area contributed by atoms with E-state index in [9.17, 15) is 4.79 Å². The molecule has 0 bridgehead atoms. The maximum Gasteiger partial charge on any atom is 0.319 e. The first-order valence-electron chi connectivity index (χ1n) is 11.2. The van der Waals surface area contributed by atoms with Crippen molar-refractivity contribution in [1.29, 1.82) is 0 Å². The number of anilines is 2. The van der Waals surface area contributed by atoms with E-state index in [4.69, 9.17) is 15.5 Å². The van der Waals surface area contributed by atoms with Crippen molar-refractivity contribution in [2.75, 3.05) is 30.8 Å². The minimum Gasteiger partial charge on any atom is -0.382 e. The van der Waals surface area contributed by atoms with Gasteiger partial charge in [-0.2, -0.15) is 0 Å². The maximum absolute atomic E-state index is 11.9. The number of amides is 2. The van der Waals surface area contributed by atoms with Gasteiger partial charge >= 0.3 is 6.03 Å². The number of nitrogens with one attached hydrogen (secondary N) is 2. The minimum atomic E-state index is -0.279. The highest BCUT2D eigenvalue weighted by Gasteiger charge is 2.23. The molecular formula is C23H31N7O2. The molecule has 0 unspecified atom stereocenters. The van der Waals surface area contributed by atoms with Crippen LogP contribution >= 0.6 is 0 Å². The lowest BCUT2D eigenvalue weighted by atomic mass is 10.2. The summed E-state index contributed by atoms with van der Waals surface area (Å²) in [5.41, 5.74) is 10.7. The summed E-state index contributed by atoms with van der Waals surface area (Å²) in [5, 5.41) is 5.51. The highest BCUT2D eigenvalue weighted by atomic mass is 16.5. The van der Waals surface area contributed by atoms with Gasteiger partial charge in [-0.15, -0.1) is 0 Å². The van der Waals surface area contributed by atoms with Crippen LogP contribution in [0.3, 0.4) is 0 Å². The van der Waals surface area contributed by atoms with Crippen molar-refractivity contribution in [3.8, 4) is 0 Å². The van der Waals surface area contributed by atoms with Gasteiger partial charge in [0.25, 0.3) is 0 Å². The Morgan fingerprint density at radius 1 is 1.28 bits per heavy atom. The fourth-order valence-corrected chi connectivity index (χ4v) is 3.82. The van der Waals surface area contributed by atoms with Crippen LogP contribution in [-0.2, 0) is 17.7 Å². The molecule has 0 atom stereocenters. The van der Waals surface area contributed by atoms with Crippen LogP contribution in [0.2, 0.25) is 0 Å². The molecule has 4 N–H and O–H groups in total. The number of nitrogen functional groups attached to an aromatic ring is 1. The predicted octanol–water partition coefficient (Wildman–Crippen LogP) is 3.21. The molecule has 3 aromatic heterocycles. The number of fused-ring (bicyclic) bond motifs is 1. The van der Waals surface area contributed by atoms with Gasteiger partial charge < -0.3 is 25.7 Å². The summed E-state index contributed by atoms with van der Waals surface area (Å²) in [4.78, 5) is 25.2. The zero-order valence-corrected chi connectivity index (χ0v) is 18.7. The molecule has 1 aliphatic carbocycles. The van der Waals surface area contributed by atoms with Gasteiger partial charge in [-0.05, 0) is 43.9 Å². The third kappa shape index (κ3) is 5.34. The number of ether oxygens (including phenoxy) is 1. The van der Waals surface area contributed by atoms with Crippen molar-refractivity contribution in [1.82, 2.24) is 24.8 Å². The number of urea groups is 1. The minimum absolute atomic E-state index is 0.279. The van der Waals surface area contributed by atoms with Crippen LogP contribution in [0.15, 0.2) is 24.5 Å². The Bertz CT molecular complexity index is 1080. The highest BCUT2D eigenvalue weighted by molar-refractivity contribution is 5.89. The van der Waals surface area contributed by atoms with Gasteiger partial charge in [-0.1, -0.05) is 12.8 Å². The number of rotatable bonds is 10. The summed E-state index contributed by atoms with van der Waals surface area (Å²) in [6, 6.07) is 3.27. The first kappa shape index (κ1) is 22.0. The number of hydrogen-bond donors (Lipinski definition) is 3. The lowest BCUT2D eigenvalue weighted by molar-refractivity contribution is 0.129. The molecule has 3 aromatic rings. The van der Waals surface area contributed by atoms with Crippen molar-refractivity contribution in [2.24, 2.45) is 5.92 Å². The summed E-state index contributed by atoms with van der Waals surface area (Å²) >= 11 is 0. The summed E-state index contributed by atoms with van der Waals surface area (Å²) in [6.07, 6.45) is 8.00. The number of nitrogens with two attached hydrogens (primary N) is 1. The molecule has 0 saturated heterocycles. The van der Waals surface area contributed by atoms with Gasteiger partial charge in [0, 0.05) is 31.4 Å². The van der Waals surface area contributed by atoms with Gasteiger partial charge in [-0.3, -0.25) is 4.98 Å². The van der Waals surface area contributed by atoms with Crippen LogP contribution in [-0.4, -0.2) is 45.3 Å². The number of aryl methyl sites for hydroxylation is 3. The van der Waals surface area contributed by atoms with Crippen molar-refractivity contribution in [3.05, 3.63) is 41.6 Å². The molecule has 0 aromatic carbocycles. The van der Waals surface area contributed by atoms with Crippen LogP contribution in [0.25, 0.3) is 11.0 Å². The second-order valence-corrected chi connectivity index (χ2v) is 8.30. The molecule has 2 amide bonds. The quantitative estimate of drug-likeness (QED) is 0.419. The molecule has 1 fully saturated rings. The fourth-order valence-electron chi connectivity index (χ4n) is 3.82. The Morgan fingerprint density at radius 3 is 2.88 bits per heavy atom.